The molecule has 1 heterocycles. The Kier molecular flexibility index (Phi) is 3.65. The van der Waals surface area contributed by atoms with E-state index in [9.17, 15) is 9.59 Å². The van der Waals surface area contributed by atoms with Crippen molar-refractivity contribution >= 4 is 18.3 Å². The third kappa shape index (κ3) is 2.93. The topological polar surface area (TPSA) is 73.2 Å². The van der Waals surface area contributed by atoms with Crippen LogP contribution in [0.4, 0.5) is 4.79 Å². The fourth-order valence-electron chi connectivity index (χ4n) is 1.51. The van der Waals surface area contributed by atoms with Crippen molar-refractivity contribution in [1.82, 2.24) is 9.80 Å². The highest BCUT2D eigenvalue weighted by molar-refractivity contribution is 5.91. The van der Waals surface area contributed by atoms with Crippen LogP contribution in [-0.4, -0.2) is 59.9 Å². The zero-order valence-electron chi connectivity index (χ0n) is 8.88. The molecule has 1 rings (SSSR count). The quantitative estimate of drug-likeness (QED) is 0.527. The Morgan fingerprint density at radius 3 is 2.73 bits per heavy atom. The average molecular weight is 213 g/mol. The first-order valence-corrected chi connectivity index (χ1v) is 4.76. The van der Waals surface area contributed by atoms with E-state index in [1.165, 1.54) is 6.34 Å². The number of carboxylic acid groups (broad SMARTS) is 1. The van der Waals surface area contributed by atoms with Gasteiger partial charge in [0.05, 0.1) is 6.34 Å². The smallest absolute Gasteiger partial charge is 0.407 e. The van der Waals surface area contributed by atoms with E-state index in [2.05, 4.69) is 4.99 Å². The maximum Gasteiger partial charge on any atom is 0.407 e. The SMILES string of the molecule is CN(C)/C=N/C(=O)[C@@H]1CCCN1C(=O)O. The highest BCUT2D eigenvalue weighted by atomic mass is 16.4. The van der Waals surface area contributed by atoms with E-state index in [-0.39, 0.29) is 5.91 Å². The van der Waals surface area contributed by atoms with Gasteiger partial charge in [-0.2, -0.15) is 0 Å². The van der Waals surface area contributed by atoms with Crippen molar-refractivity contribution in [1.29, 1.82) is 0 Å². The van der Waals surface area contributed by atoms with E-state index < -0.39 is 12.1 Å². The summed E-state index contributed by atoms with van der Waals surface area (Å²) in [5.74, 6) is -0.386. The van der Waals surface area contributed by atoms with Crippen molar-refractivity contribution < 1.29 is 14.7 Å². The lowest BCUT2D eigenvalue weighted by molar-refractivity contribution is -0.121. The van der Waals surface area contributed by atoms with Gasteiger partial charge in [0.1, 0.15) is 6.04 Å². The van der Waals surface area contributed by atoms with Gasteiger partial charge in [0, 0.05) is 20.6 Å². The van der Waals surface area contributed by atoms with Crippen molar-refractivity contribution in [3.05, 3.63) is 0 Å². The minimum Gasteiger partial charge on any atom is -0.465 e. The van der Waals surface area contributed by atoms with E-state index in [4.69, 9.17) is 5.11 Å². The Bertz CT molecular complexity index is 288. The van der Waals surface area contributed by atoms with E-state index in [1.54, 1.807) is 19.0 Å². The number of hydrogen-bond donors (Lipinski definition) is 1. The summed E-state index contributed by atoms with van der Waals surface area (Å²) in [6, 6.07) is -0.598. The lowest BCUT2D eigenvalue weighted by Crippen LogP contribution is -2.39. The van der Waals surface area contributed by atoms with Crippen LogP contribution in [0.25, 0.3) is 0 Å². The number of likely N-dealkylation sites (tertiary alicyclic amines) is 1. The van der Waals surface area contributed by atoms with Gasteiger partial charge in [-0.1, -0.05) is 0 Å². The summed E-state index contributed by atoms with van der Waals surface area (Å²) >= 11 is 0. The molecule has 0 bridgehead atoms. The van der Waals surface area contributed by atoms with Gasteiger partial charge in [0.25, 0.3) is 5.91 Å². The molecule has 1 saturated heterocycles. The molecule has 0 saturated carbocycles. The standard InChI is InChI=1S/C9H15N3O3/c1-11(2)6-10-8(13)7-4-3-5-12(7)9(14)15/h6-7H,3-5H2,1-2H3,(H,14,15)/b10-6+/t7-/m0/s1. The van der Waals surface area contributed by atoms with Gasteiger partial charge >= 0.3 is 6.09 Å². The van der Waals surface area contributed by atoms with Crippen molar-refractivity contribution in [3.8, 4) is 0 Å². The molecular weight excluding hydrogens is 198 g/mol. The molecule has 84 valence electrons. The van der Waals surface area contributed by atoms with Crippen molar-refractivity contribution in [2.24, 2.45) is 4.99 Å². The van der Waals surface area contributed by atoms with E-state index in [0.717, 1.165) is 11.3 Å². The van der Waals surface area contributed by atoms with Gasteiger partial charge in [-0.15, -0.1) is 0 Å². The number of carbonyl (C=O) groups is 2. The average Bonchev–Trinajstić information content (AvgIpc) is 2.62. The monoisotopic (exact) mass is 213 g/mol. The summed E-state index contributed by atoms with van der Waals surface area (Å²) in [5, 5.41) is 8.82. The molecule has 0 aromatic heterocycles. The molecular formula is C9H15N3O3. The Morgan fingerprint density at radius 1 is 1.53 bits per heavy atom. The molecule has 2 amide bonds. The number of aliphatic imine (C=N–C) groups is 1. The first-order valence-electron chi connectivity index (χ1n) is 4.76. The molecule has 15 heavy (non-hydrogen) atoms. The van der Waals surface area contributed by atoms with Gasteiger partial charge in [-0.3, -0.25) is 9.69 Å². The Balaban J connectivity index is 2.63. The molecule has 0 radical (unpaired) electrons. The second-order valence-corrected chi connectivity index (χ2v) is 3.68. The van der Waals surface area contributed by atoms with Crippen LogP contribution in [0.2, 0.25) is 0 Å². The number of carbonyl (C=O) groups excluding carboxylic acids is 1. The molecule has 0 unspecified atom stereocenters. The van der Waals surface area contributed by atoms with Gasteiger partial charge < -0.3 is 10.0 Å². The zero-order chi connectivity index (χ0) is 11.4. The molecule has 0 aliphatic carbocycles. The molecule has 1 atom stereocenters. The van der Waals surface area contributed by atoms with Gasteiger partial charge in [0.2, 0.25) is 0 Å². The predicted octanol–water partition coefficient (Wildman–Crippen LogP) is 0.245. The molecule has 0 spiro atoms. The number of amides is 2. The third-order valence-corrected chi connectivity index (χ3v) is 2.20. The summed E-state index contributed by atoms with van der Waals surface area (Å²) in [5.41, 5.74) is 0. The first-order chi connectivity index (χ1) is 7.02. The molecule has 1 fully saturated rings. The molecule has 0 aromatic carbocycles. The summed E-state index contributed by atoms with van der Waals surface area (Å²) < 4.78 is 0. The molecule has 6 nitrogen and oxygen atoms in total. The second-order valence-electron chi connectivity index (χ2n) is 3.68. The highest BCUT2D eigenvalue weighted by Gasteiger charge is 2.33. The van der Waals surface area contributed by atoms with Gasteiger partial charge in [-0.25, -0.2) is 9.79 Å². The van der Waals surface area contributed by atoms with Crippen molar-refractivity contribution in [2.45, 2.75) is 18.9 Å². The van der Waals surface area contributed by atoms with Crippen LogP contribution in [0.15, 0.2) is 4.99 Å². The molecule has 1 N–H and O–H groups in total. The summed E-state index contributed by atoms with van der Waals surface area (Å²) in [4.78, 5) is 28.8. The Morgan fingerprint density at radius 2 is 2.20 bits per heavy atom. The van der Waals surface area contributed by atoms with Crippen molar-refractivity contribution in [3.63, 3.8) is 0 Å². The fraction of sp³-hybridized carbons (Fsp3) is 0.667. The van der Waals surface area contributed by atoms with Crippen molar-refractivity contribution in [2.75, 3.05) is 20.6 Å². The van der Waals surface area contributed by atoms with E-state index >= 15 is 0 Å². The number of rotatable bonds is 2. The van der Waals surface area contributed by atoms with Crippen LogP contribution < -0.4 is 0 Å². The molecule has 1 aliphatic heterocycles. The Labute approximate surface area is 88.2 Å². The minimum atomic E-state index is -1.05. The number of hydrogen-bond acceptors (Lipinski definition) is 2. The van der Waals surface area contributed by atoms with Crippen LogP contribution in [0.5, 0.6) is 0 Å². The summed E-state index contributed by atoms with van der Waals surface area (Å²) in [6.07, 6.45) is 1.63. The maximum absolute atomic E-state index is 11.5. The lowest BCUT2D eigenvalue weighted by Gasteiger charge is -2.18. The highest BCUT2D eigenvalue weighted by Crippen LogP contribution is 2.18. The van der Waals surface area contributed by atoms with Crippen LogP contribution in [0, 0.1) is 0 Å². The number of nitrogens with zero attached hydrogens (tertiary/aromatic N) is 3. The van der Waals surface area contributed by atoms with Crippen LogP contribution in [-0.2, 0) is 4.79 Å². The fourth-order valence-corrected chi connectivity index (χ4v) is 1.51. The second kappa shape index (κ2) is 4.77. The van der Waals surface area contributed by atoms with Crippen LogP contribution >= 0.6 is 0 Å². The van der Waals surface area contributed by atoms with Gasteiger partial charge in [-0.05, 0) is 12.8 Å². The summed E-state index contributed by atoms with van der Waals surface area (Å²) in [7, 11) is 3.50. The third-order valence-electron chi connectivity index (χ3n) is 2.20. The van der Waals surface area contributed by atoms with Crippen LogP contribution in [0.3, 0.4) is 0 Å². The molecule has 1 aliphatic rings. The largest absolute Gasteiger partial charge is 0.465 e. The van der Waals surface area contributed by atoms with E-state index in [0.29, 0.717) is 13.0 Å². The lowest BCUT2D eigenvalue weighted by atomic mass is 10.2. The maximum atomic E-state index is 11.5. The normalized spacial score (nSPS) is 20.9. The minimum absolute atomic E-state index is 0.386. The molecule has 0 aromatic rings. The summed E-state index contributed by atoms with van der Waals surface area (Å²) in [6.45, 7) is 0.420. The van der Waals surface area contributed by atoms with Crippen LogP contribution in [0.1, 0.15) is 12.8 Å². The van der Waals surface area contributed by atoms with E-state index in [1.807, 2.05) is 0 Å². The molecule has 6 heteroatoms. The Hall–Kier alpha value is -1.59. The zero-order valence-corrected chi connectivity index (χ0v) is 8.88. The van der Waals surface area contributed by atoms with Gasteiger partial charge in [0.15, 0.2) is 0 Å². The predicted molar refractivity (Wildman–Crippen MR) is 54.9 cm³/mol. The first kappa shape index (κ1) is 11.5.